The molecule has 2 atom stereocenters. The van der Waals surface area contributed by atoms with Gasteiger partial charge in [0.2, 0.25) is 11.8 Å². The summed E-state index contributed by atoms with van der Waals surface area (Å²) in [5.41, 5.74) is 2.95. The lowest BCUT2D eigenvalue weighted by molar-refractivity contribution is -0.128. The van der Waals surface area contributed by atoms with Crippen LogP contribution in [0.2, 0.25) is 0 Å². The number of rotatable bonds is 9. The summed E-state index contributed by atoms with van der Waals surface area (Å²) in [5, 5.41) is 5.63. The third-order valence-electron chi connectivity index (χ3n) is 6.51. The molecule has 2 aliphatic rings. The summed E-state index contributed by atoms with van der Waals surface area (Å²) in [4.78, 5) is 50.4. The van der Waals surface area contributed by atoms with E-state index in [0.717, 1.165) is 5.56 Å². The third-order valence-corrected chi connectivity index (χ3v) is 7.82. The number of para-hydroxylation sites is 1. The molecule has 204 valence electrons. The van der Waals surface area contributed by atoms with Gasteiger partial charge in [-0.05, 0) is 36.2 Å². The number of nitrogens with zero attached hydrogens (tertiary/aromatic N) is 3. The highest BCUT2D eigenvalue weighted by Crippen LogP contribution is 2.36. The first-order chi connectivity index (χ1) is 19.5. The zero-order chi connectivity index (χ0) is 28.1. The van der Waals surface area contributed by atoms with Gasteiger partial charge in [-0.3, -0.25) is 19.4 Å². The fraction of sp³-hybridized carbons (Fsp3) is 0.233. The number of nitrogens with one attached hydrogen (secondary N) is 2. The molecule has 2 heterocycles. The molecule has 0 fully saturated rings. The molecule has 3 amide bonds. The topological polar surface area (TPSA) is 112 Å². The molecule has 40 heavy (non-hydrogen) atoms. The van der Waals surface area contributed by atoms with Gasteiger partial charge >= 0.3 is 0 Å². The summed E-state index contributed by atoms with van der Waals surface area (Å²) in [6.07, 6.45) is 0.417. The van der Waals surface area contributed by atoms with Crippen molar-refractivity contribution < 1.29 is 19.1 Å². The number of ether oxygens (including phenoxy) is 1. The first kappa shape index (κ1) is 27.1. The Morgan fingerprint density at radius 3 is 2.60 bits per heavy atom. The summed E-state index contributed by atoms with van der Waals surface area (Å²) < 4.78 is 5.25. The largest absolute Gasteiger partial charge is 0.497 e. The second kappa shape index (κ2) is 12.2. The number of hydrogen-bond acceptors (Lipinski definition) is 7. The minimum absolute atomic E-state index is 0.0840. The molecule has 0 spiro atoms. The SMILES string of the molecule is CC[C@H](SC1=Nc2ccccc2C2=N[C@@H](CC(=O)NCc3ccccc3)C(=O)N12)C(=O)Nc1cccc(OC)c1. The van der Waals surface area contributed by atoms with E-state index >= 15 is 0 Å². The maximum atomic E-state index is 13.6. The predicted molar refractivity (Wildman–Crippen MR) is 157 cm³/mol. The molecule has 0 aliphatic carbocycles. The maximum absolute atomic E-state index is 13.6. The Labute approximate surface area is 236 Å². The minimum atomic E-state index is -0.881. The second-order valence-electron chi connectivity index (χ2n) is 9.26. The number of aliphatic imine (C=N–C) groups is 2. The lowest BCUT2D eigenvalue weighted by Crippen LogP contribution is -2.43. The van der Waals surface area contributed by atoms with Gasteiger partial charge in [-0.1, -0.05) is 67.2 Å². The van der Waals surface area contributed by atoms with E-state index in [1.54, 1.807) is 31.4 Å². The zero-order valence-corrected chi connectivity index (χ0v) is 23.0. The van der Waals surface area contributed by atoms with E-state index in [-0.39, 0.29) is 24.1 Å². The van der Waals surface area contributed by atoms with Gasteiger partial charge in [-0.2, -0.15) is 0 Å². The molecule has 9 nitrogen and oxygen atoms in total. The number of anilines is 1. The average molecular weight is 556 g/mol. The van der Waals surface area contributed by atoms with Gasteiger partial charge in [-0.25, -0.2) is 9.89 Å². The third kappa shape index (κ3) is 5.91. The molecule has 3 aromatic rings. The number of carbonyl (C=O) groups excluding carboxylic acids is 3. The average Bonchev–Trinajstić information content (AvgIpc) is 3.31. The highest BCUT2D eigenvalue weighted by atomic mass is 32.2. The molecule has 2 aliphatic heterocycles. The lowest BCUT2D eigenvalue weighted by atomic mass is 10.1. The van der Waals surface area contributed by atoms with Crippen LogP contribution in [0.4, 0.5) is 11.4 Å². The van der Waals surface area contributed by atoms with Crippen LogP contribution in [-0.4, -0.2) is 52.0 Å². The van der Waals surface area contributed by atoms with Crippen LogP contribution in [0.5, 0.6) is 5.75 Å². The molecule has 0 unspecified atom stereocenters. The second-order valence-corrected chi connectivity index (χ2v) is 10.4. The highest BCUT2D eigenvalue weighted by molar-refractivity contribution is 8.15. The molecular weight excluding hydrogens is 526 g/mol. The van der Waals surface area contributed by atoms with Crippen molar-refractivity contribution >= 4 is 51.9 Å². The molecule has 3 aromatic carbocycles. The van der Waals surface area contributed by atoms with Crippen LogP contribution in [0.25, 0.3) is 0 Å². The van der Waals surface area contributed by atoms with Gasteiger partial charge in [0, 0.05) is 23.9 Å². The van der Waals surface area contributed by atoms with E-state index in [2.05, 4.69) is 15.6 Å². The van der Waals surface area contributed by atoms with Crippen molar-refractivity contribution in [2.75, 3.05) is 12.4 Å². The Bertz CT molecular complexity index is 1490. The number of hydrogen-bond donors (Lipinski definition) is 2. The first-order valence-corrected chi connectivity index (χ1v) is 13.9. The van der Waals surface area contributed by atoms with Crippen molar-refractivity contribution in [2.24, 2.45) is 9.98 Å². The normalized spacial score (nSPS) is 16.3. The van der Waals surface area contributed by atoms with Crippen molar-refractivity contribution in [3.8, 4) is 5.75 Å². The molecule has 5 rings (SSSR count). The van der Waals surface area contributed by atoms with Crippen molar-refractivity contribution in [3.05, 3.63) is 90.0 Å². The highest BCUT2D eigenvalue weighted by Gasteiger charge is 2.43. The van der Waals surface area contributed by atoms with E-state index in [1.807, 2.05) is 61.5 Å². The van der Waals surface area contributed by atoms with Gasteiger partial charge < -0.3 is 15.4 Å². The van der Waals surface area contributed by atoms with Crippen LogP contribution in [0.3, 0.4) is 0 Å². The Morgan fingerprint density at radius 1 is 1.05 bits per heavy atom. The molecule has 0 saturated carbocycles. The Balaban J connectivity index is 1.33. The summed E-state index contributed by atoms with van der Waals surface area (Å²) >= 11 is 1.21. The Morgan fingerprint density at radius 2 is 1.82 bits per heavy atom. The zero-order valence-electron chi connectivity index (χ0n) is 22.2. The van der Waals surface area contributed by atoms with Crippen molar-refractivity contribution in [2.45, 2.75) is 37.6 Å². The molecule has 0 saturated heterocycles. The van der Waals surface area contributed by atoms with Crippen LogP contribution in [0, 0.1) is 0 Å². The number of thioether (sulfide) groups is 1. The van der Waals surface area contributed by atoms with Gasteiger partial charge in [-0.15, -0.1) is 0 Å². The minimum Gasteiger partial charge on any atom is -0.497 e. The molecule has 0 radical (unpaired) electrons. The summed E-state index contributed by atoms with van der Waals surface area (Å²) in [5.74, 6) is 0.254. The van der Waals surface area contributed by atoms with E-state index in [0.29, 0.717) is 46.7 Å². The summed E-state index contributed by atoms with van der Waals surface area (Å²) in [6, 6.07) is 23.2. The van der Waals surface area contributed by atoms with Crippen LogP contribution in [0.15, 0.2) is 88.8 Å². The van der Waals surface area contributed by atoms with Gasteiger partial charge in [0.05, 0.1) is 24.5 Å². The number of amidine groups is 2. The summed E-state index contributed by atoms with van der Waals surface area (Å²) in [6.45, 7) is 2.27. The van der Waals surface area contributed by atoms with Gasteiger partial charge in [0.25, 0.3) is 5.91 Å². The number of amides is 3. The molecule has 0 bridgehead atoms. The molecule has 2 N–H and O–H groups in total. The van der Waals surface area contributed by atoms with Crippen molar-refractivity contribution in [1.29, 1.82) is 0 Å². The maximum Gasteiger partial charge on any atom is 0.259 e. The standard InChI is InChI=1S/C30H29N5O4S/c1-3-25(28(37)32-20-12-9-13-21(16-20)39-2)40-30-34-23-15-8-7-14-22(23)27-33-24(29(38)35(27)30)17-26(36)31-18-19-10-5-4-6-11-19/h4-16,24-25H,3,17-18H2,1-2H3,(H,31,36)(H,32,37)/t24-,25-/m0/s1. The Hall–Kier alpha value is -4.44. The molecule has 0 aromatic heterocycles. The van der Waals surface area contributed by atoms with E-state index in [4.69, 9.17) is 9.73 Å². The fourth-order valence-corrected chi connectivity index (χ4v) is 5.45. The number of benzene rings is 3. The first-order valence-electron chi connectivity index (χ1n) is 13.0. The molecular formula is C30H29N5O4S. The van der Waals surface area contributed by atoms with Crippen LogP contribution < -0.4 is 15.4 Å². The summed E-state index contributed by atoms with van der Waals surface area (Å²) in [7, 11) is 1.57. The molecule has 10 heteroatoms. The number of carbonyl (C=O) groups is 3. The van der Waals surface area contributed by atoms with E-state index in [9.17, 15) is 14.4 Å². The van der Waals surface area contributed by atoms with Crippen molar-refractivity contribution in [3.63, 3.8) is 0 Å². The van der Waals surface area contributed by atoms with Crippen LogP contribution in [0.1, 0.15) is 30.9 Å². The van der Waals surface area contributed by atoms with E-state index < -0.39 is 11.3 Å². The number of methoxy groups -OCH3 is 1. The van der Waals surface area contributed by atoms with Gasteiger partial charge in [0.15, 0.2) is 5.17 Å². The van der Waals surface area contributed by atoms with Crippen LogP contribution >= 0.6 is 11.8 Å². The van der Waals surface area contributed by atoms with E-state index in [1.165, 1.54) is 16.7 Å². The monoisotopic (exact) mass is 555 g/mol. The number of fused-ring (bicyclic) bond motifs is 3. The smallest absolute Gasteiger partial charge is 0.259 e. The fourth-order valence-electron chi connectivity index (χ4n) is 4.43. The Kier molecular flexibility index (Phi) is 8.26. The van der Waals surface area contributed by atoms with Crippen LogP contribution in [-0.2, 0) is 20.9 Å². The quantitative estimate of drug-likeness (QED) is 0.404. The van der Waals surface area contributed by atoms with Gasteiger partial charge in [0.1, 0.15) is 17.6 Å². The van der Waals surface area contributed by atoms with Crippen molar-refractivity contribution in [1.82, 2.24) is 10.2 Å². The predicted octanol–water partition coefficient (Wildman–Crippen LogP) is 4.51. The lowest BCUT2D eigenvalue weighted by Gasteiger charge is -2.27.